The van der Waals surface area contributed by atoms with Gasteiger partial charge in [-0.25, -0.2) is 0 Å². The van der Waals surface area contributed by atoms with Crippen molar-refractivity contribution in [3.05, 3.63) is 127 Å². The van der Waals surface area contributed by atoms with Crippen LogP contribution in [0.5, 0.6) is 0 Å². The molecule has 0 saturated heterocycles. The average Bonchev–Trinajstić information content (AvgIpc) is 2.75. The van der Waals surface area contributed by atoms with Crippen molar-refractivity contribution in [2.24, 2.45) is 0 Å². The fourth-order valence-corrected chi connectivity index (χ4v) is 13.8. The maximum atomic E-state index is 2.34. The molecule has 0 N–H and O–H groups in total. The van der Waals surface area contributed by atoms with E-state index in [4.69, 9.17) is 0 Å². The minimum absolute atomic E-state index is 1.11. The van der Waals surface area contributed by atoms with Crippen LogP contribution in [0.2, 0.25) is 0 Å². The van der Waals surface area contributed by atoms with E-state index in [-0.39, 0.29) is 0 Å². The van der Waals surface area contributed by atoms with Gasteiger partial charge in [0, 0.05) is 0 Å². The van der Waals surface area contributed by atoms with Gasteiger partial charge in [0.15, 0.2) is 0 Å². The third kappa shape index (κ3) is 3.25. The molecule has 0 aliphatic heterocycles. The summed E-state index contributed by atoms with van der Waals surface area (Å²) in [5.41, 5.74) is 1.42. The van der Waals surface area contributed by atoms with Crippen LogP contribution in [0.4, 0.5) is 0 Å². The monoisotopic (exact) mass is 396 g/mol. The third-order valence-corrected chi connectivity index (χ3v) is 15.4. The fourth-order valence-electron chi connectivity index (χ4n) is 3.88. The molecule has 0 unspecified atom stereocenters. The molecule has 0 nitrogen and oxygen atoms in total. The number of rotatable bonds is 5. The summed E-state index contributed by atoms with van der Waals surface area (Å²) in [5, 5.41) is 1.11. The van der Waals surface area contributed by atoms with E-state index in [2.05, 4.69) is 121 Å². The van der Waals surface area contributed by atoms with Crippen LogP contribution in [-0.4, -0.2) is 13.3 Å². The van der Waals surface area contributed by atoms with Gasteiger partial charge in [-0.1, -0.05) is 0 Å². The normalized spacial score (nSPS) is 11.2. The summed E-state index contributed by atoms with van der Waals surface area (Å²) in [4.78, 5) is 0. The third-order valence-electron chi connectivity index (χ3n) is 5.11. The Bertz CT molecular complexity index is 836. The second-order valence-corrected chi connectivity index (χ2v) is 14.8. The SMILES string of the molecule is c1ccc([CH2][Ge]([c]2ccccc2)([c]2ccccc2)[c]2ccccc2)cc1. The van der Waals surface area contributed by atoms with E-state index in [0.717, 1.165) is 5.25 Å². The van der Waals surface area contributed by atoms with E-state index in [1.165, 1.54) is 18.8 Å². The van der Waals surface area contributed by atoms with E-state index < -0.39 is 13.3 Å². The van der Waals surface area contributed by atoms with Crippen LogP contribution in [0.3, 0.4) is 0 Å². The number of hydrogen-bond donors (Lipinski definition) is 0. The molecule has 4 aromatic rings. The van der Waals surface area contributed by atoms with E-state index in [1.807, 2.05) is 0 Å². The second-order valence-electron chi connectivity index (χ2n) is 6.67. The van der Waals surface area contributed by atoms with Crippen LogP contribution >= 0.6 is 0 Å². The molecule has 0 fully saturated rings. The summed E-state index contributed by atoms with van der Waals surface area (Å²) in [6.07, 6.45) is 0. The number of hydrogen-bond acceptors (Lipinski definition) is 0. The summed E-state index contributed by atoms with van der Waals surface area (Å²) in [7, 11) is 0. The van der Waals surface area contributed by atoms with Crippen molar-refractivity contribution >= 4 is 26.5 Å². The Balaban J connectivity index is 2.00. The summed E-state index contributed by atoms with van der Waals surface area (Å²) in [6, 6.07) is 44.5. The predicted octanol–water partition coefficient (Wildman–Crippen LogP) is 3.94. The summed E-state index contributed by atoms with van der Waals surface area (Å²) in [6.45, 7) is 0. The van der Waals surface area contributed by atoms with Crippen molar-refractivity contribution in [2.75, 3.05) is 0 Å². The molecule has 0 aromatic heterocycles. The Hall–Kier alpha value is -2.58. The van der Waals surface area contributed by atoms with Crippen LogP contribution in [0.1, 0.15) is 5.56 Å². The first-order valence-electron chi connectivity index (χ1n) is 9.10. The first-order valence-corrected chi connectivity index (χ1v) is 13.7. The second kappa shape index (κ2) is 7.76. The molecule has 126 valence electrons. The Morgan fingerprint density at radius 2 is 0.692 bits per heavy atom. The molecular weight excluding hydrogens is 373 g/mol. The molecule has 26 heavy (non-hydrogen) atoms. The topological polar surface area (TPSA) is 0 Å². The zero-order valence-corrected chi connectivity index (χ0v) is 16.9. The predicted molar refractivity (Wildman–Crippen MR) is 114 cm³/mol. The zero-order valence-electron chi connectivity index (χ0n) is 14.8. The molecule has 4 rings (SSSR count). The van der Waals surface area contributed by atoms with Crippen molar-refractivity contribution in [1.82, 2.24) is 0 Å². The maximum absolute atomic E-state index is 2.85. The Morgan fingerprint density at radius 3 is 1.04 bits per heavy atom. The number of benzene rings is 4. The fraction of sp³-hybridized carbons (Fsp3) is 0.0400. The van der Waals surface area contributed by atoms with Gasteiger partial charge in [0.25, 0.3) is 0 Å². The first kappa shape index (κ1) is 16.9. The summed E-state index contributed by atoms with van der Waals surface area (Å²) >= 11 is -2.85. The molecular formula is C25H22Ge. The van der Waals surface area contributed by atoms with Gasteiger partial charge >= 0.3 is 159 Å². The van der Waals surface area contributed by atoms with Crippen LogP contribution in [-0.2, 0) is 5.25 Å². The van der Waals surface area contributed by atoms with Gasteiger partial charge in [-0.05, 0) is 0 Å². The molecule has 0 atom stereocenters. The van der Waals surface area contributed by atoms with Crippen molar-refractivity contribution in [1.29, 1.82) is 0 Å². The minimum atomic E-state index is -2.85. The molecule has 0 saturated carbocycles. The van der Waals surface area contributed by atoms with Gasteiger partial charge in [0.1, 0.15) is 0 Å². The van der Waals surface area contributed by atoms with Gasteiger partial charge in [-0.3, -0.25) is 0 Å². The molecule has 0 heterocycles. The van der Waals surface area contributed by atoms with E-state index >= 15 is 0 Å². The Labute approximate surface area is 158 Å². The van der Waals surface area contributed by atoms with Crippen LogP contribution in [0.15, 0.2) is 121 Å². The van der Waals surface area contributed by atoms with Crippen molar-refractivity contribution in [2.45, 2.75) is 5.25 Å². The van der Waals surface area contributed by atoms with Gasteiger partial charge < -0.3 is 0 Å². The van der Waals surface area contributed by atoms with Gasteiger partial charge in [-0.2, -0.15) is 0 Å². The van der Waals surface area contributed by atoms with E-state index in [9.17, 15) is 0 Å². The van der Waals surface area contributed by atoms with Crippen LogP contribution in [0.25, 0.3) is 0 Å². The van der Waals surface area contributed by atoms with Gasteiger partial charge in [0.05, 0.1) is 0 Å². The van der Waals surface area contributed by atoms with Crippen molar-refractivity contribution in [3.8, 4) is 0 Å². The quantitative estimate of drug-likeness (QED) is 0.450. The first-order chi connectivity index (χ1) is 12.9. The van der Waals surface area contributed by atoms with E-state index in [0.29, 0.717) is 0 Å². The molecule has 0 aliphatic carbocycles. The van der Waals surface area contributed by atoms with Crippen LogP contribution in [0, 0.1) is 0 Å². The zero-order chi connectivity index (χ0) is 17.7. The Kier molecular flexibility index (Phi) is 5.03. The van der Waals surface area contributed by atoms with Gasteiger partial charge in [-0.15, -0.1) is 0 Å². The molecule has 0 spiro atoms. The molecule has 1 heteroatoms. The average molecular weight is 395 g/mol. The van der Waals surface area contributed by atoms with Gasteiger partial charge in [0.2, 0.25) is 0 Å². The molecule has 0 aliphatic rings. The summed E-state index contributed by atoms with van der Waals surface area (Å²) in [5.74, 6) is 0. The molecule has 0 bridgehead atoms. The van der Waals surface area contributed by atoms with Crippen molar-refractivity contribution in [3.63, 3.8) is 0 Å². The standard InChI is InChI=1S/C25H22Ge/c1-5-13-22(14-6-1)21-26(23-15-7-2-8-16-23,24-17-9-3-10-18-24)25-19-11-4-12-20-25/h1-20H,21H2. The van der Waals surface area contributed by atoms with E-state index in [1.54, 1.807) is 0 Å². The molecule has 0 radical (unpaired) electrons. The molecule has 4 aromatic carbocycles. The van der Waals surface area contributed by atoms with Crippen LogP contribution < -0.4 is 13.2 Å². The Morgan fingerprint density at radius 1 is 0.385 bits per heavy atom. The van der Waals surface area contributed by atoms with Crippen molar-refractivity contribution < 1.29 is 0 Å². The summed E-state index contributed by atoms with van der Waals surface area (Å²) < 4.78 is 4.52. The molecule has 0 amide bonds.